The highest BCUT2D eigenvalue weighted by atomic mass is 31.2. The second-order valence-electron chi connectivity index (χ2n) is 5.98. The Morgan fingerprint density at radius 2 is 2.03 bits per heavy atom. The molecule has 1 amide bonds. The van der Waals surface area contributed by atoms with Crippen LogP contribution in [0.15, 0.2) is 41.1 Å². The Kier molecular flexibility index (Phi) is 8.81. The van der Waals surface area contributed by atoms with E-state index in [2.05, 4.69) is 10.5 Å². The summed E-state index contributed by atoms with van der Waals surface area (Å²) in [5.41, 5.74) is 1.09. The van der Waals surface area contributed by atoms with E-state index in [1.165, 1.54) is 6.20 Å². The van der Waals surface area contributed by atoms with Gasteiger partial charge in [0.05, 0.1) is 31.1 Å². The van der Waals surface area contributed by atoms with Gasteiger partial charge in [0.1, 0.15) is 29.7 Å². The summed E-state index contributed by atoms with van der Waals surface area (Å²) in [6.45, 7) is 5.85. The number of ether oxygens (including phenoxy) is 1. The highest BCUT2D eigenvalue weighted by molar-refractivity contribution is 7.54. The van der Waals surface area contributed by atoms with Gasteiger partial charge in [0, 0.05) is 11.8 Å². The van der Waals surface area contributed by atoms with Crippen LogP contribution in [0.25, 0.3) is 0 Å². The number of anilines is 1. The summed E-state index contributed by atoms with van der Waals surface area (Å²) in [4.78, 5) is 12.3. The van der Waals surface area contributed by atoms with Gasteiger partial charge >= 0.3 is 7.60 Å². The van der Waals surface area contributed by atoms with E-state index in [1.807, 2.05) is 6.07 Å². The molecule has 0 radical (unpaired) electrons. The Bertz CT molecular complexity index is 969. The summed E-state index contributed by atoms with van der Waals surface area (Å²) < 4.78 is 33.3. The molecule has 0 unspecified atom stereocenters. The number of benzene rings is 1. The largest absolute Gasteiger partial charge is 0.488 e. The van der Waals surface area contributed by atoms with Gasteiger partial charge in [0.25, 0.3) is 5.91 Å². The van der Waals surface area contributed by atoms with Crippen molar-refractivity contribution in [3.8, 4) is 11.8 Å². The number of nitrogens with zero attached hydrogens (tertiary/aromatic N) is 2. The van der Waals surface area contributed by atoms with E-state index in [9.17, 15) is 14.6 Å². The van der Waals surface area contributed by atoms with Crippen molar-refractivity contribution in [1.29, 1.82) is 5.26 Å². The summed E-state index contributed by atoms with van der Waals surface area (Å²) in [6, 6.07) is 6.74. The van der Waals surface area contributed by atoms with Crippen LogP contribution in [0.2, 0.25) is 0 Å². The lowest BCUT2D eigenvalue weighted by molar-refractivity contribution is 0.102. The lowest BCUT2D eigenvalue weighted by atomic mass is 10.2. The maximum atomic E-state index is 12.4. The van der Waals surface area contributed by atoms with Crippen molar-refractivity contribution >= 4 is 19.2 Å². The molecule has 9 nitrogen and oxygen atoms in total. The van der Waals surface area contributed by atoms with Gasteiger partial charge in [-0.15, -0.1) is 0 Å². The van der Waals surface area contributed by atoms with Crippen LogP contribution in [-0.2, 0) is 13.6 Å². The molecular formula is C20H24N3O6P. The van der Waals surface area contributed by atoms with Gasteiger partial charge in [0.15, 0.2) is 0 Å². The highest BCUT2D eigenvalue weighted by Gasteiger charge is 2.21. The van der Waals surface area contributed by atoms with E-state index in [-0.39, 0.29) is 18.7 Å². The normalized spacial score (nSPS) is 11.4. The van der Waals surface area contributed by atoms with Gasteiger partial charge in [-0.05, 0) is 32.9 Å². The van der Waals surface area contributed by atoms with Crippen molar-refractivity contribution in [1.82, 2.24) is 5.16 Å². The van der Waals surface area contributed by atoms with Crippen LogP contribution < -0.4 is 10.1 Å². The summed E-state index contributed by atoms with van der Waals surface area (Å²) >= 11 is 0. The van der Waals surface area contributed by atoms with Gasteiger partial charge < -0.3 is 23.6 Å². The molecule has 1 N–H and O–H groups in total. The van der Waals surface area contributed by atoms with E-state index in [1.54, 1.807) is 51.1 Å². The van der Waals surface area contributed by atoms with Crippen molar-refractivity contribution in [2.45, 2.75) is 20.8 Å². The molecule has 0 atom stereocenters. The maximum Gasteiger partial charge on any atom is 0.334 e. The SMILES string of the molecule is CCOP(=O)(C/C=C/COc1cc(NC(=O)c2cnoc2C)ccc1C#N)OCC. The number of aromatic nitrogens is 1. The number of nitriles is 1. The third-order valence-corrected chi connectivity index (χ3v) is 5.80. The molecule has 30 heavy (non-hydrogen) atoms. The van der Waals surface area contributed by atoms with E-state index in [0.717, 1.165) is 0 Å². The smallest absolute Gasteiger partial charge is 0.334 e. The lowest BCUT2D eigenvalue weighted by Crippen LogP contribution is -2.12. The summed E-state index contributed by atoms with van der Waals surface area (Å²) in [6.07, 6.45) is 4.77. The molecular weight excluding hydrogens is 409 g/mol. The zero-order chi connectivity index (χ0) is 22.0. The summed E-state index contributed by atoms with van der Waals surface area (Å²) in [5.74, 6) is 0.325. The van der Waals surface area contributed by atoms with E-state index >= 15 is 0 Å². The van der Waals surface area contributed by atoms with Crippen molar-refractivity contribution < 1.29 is 27.7 Å². The molecule has 2 rings (SSSR count). The average Bonchev–Trinajstić information content (AvgIpc) is 3.14. The van der Waals surface area contributed by atoms with Crippen LogP contribution in [0.1, 0.15) is 35.5 Å². The molecule has 10 heteroatoms. The zero-order valence-corrected chi connectivity index (χ0v) is 18.0. The first-order chi connectivity index (χ1) is 14.4. The first kappa shape index (κ1) is 23.4. The van der Waals surface area contributed by atoms with Crippen LogP contribution in [0.4, 0.5) is 5.69 Å². The van der Waals surface area contributed by atoms with Gasteiger partial charge in [-0.3, -0.25) is 9.36 Å². The van der Waals surface area contributed by atoms with E-state index in [0.29, 0.717) is 41.5 Å². The number of hydrogen-bond acceptors (Lipinski definition) is 8. The molecule has 0 saturated carbocycles. The fraction of sp³-hybridized carbons (Fsp3) is 0.350. The summed E-state index contributed by atoms with van der Waals surface area (Å²) in [7, 11) is -3.15. The predicted octanol–water partition coefficient (Wildman–Crippen LogP) is 4.31. The van der Waals surface area contributed by atoms with Crippen molar-refractivity contribution in [3.05, 3.63) is 53.4 Å². The van der Waals surface area contributed by atoms with Crippen LogP contribution in [0.3, 0.4) is 0 Å². The third kappa shape index (κ3) is 6.56. The fourth-order valence-corrected chi connectivity index (χ4v) is 3.95. The molecule has 0 fully saturated rings. The number of allylic oxidation sites excluding steroid dienone is 1. The number of nitrogens with one attached hydrogen (secondary N) is 1. The van der Waals surface area contributed by atoms with Crippen LogP contribution in [0.5, 0.6) is 5.75 Å². The topological polar surface area (TPSA) is 124 Å². The van der Waals surface area contributed by atoms with Crippen LogP contribution >= 0.6 is 7.60 Å². The monoisotopic (exact) mass is 433 g/mol. The maximum absolute atomic E-state index is 12.4. The van der Waals surface area contributed by atoms with Gasteiger partial charge in [-0.25, -0.2) is 0 Å². The van der Waals surface area contributed by atoms with Crippen molar-refractivity contribution in [3.63, 3.8) is 0 Å². The molecule has 0 aliphatic carbocycles. The minimum absolute atomic E-state index is 0.122. The van der Waals surface area contributed by atoms with Gasteiger partial charge in [-0.1, -0.05) is 17.3 Å². The Labute approximate surface area is 175 Å². The zero-order valence-electron chi connectivity index (χ0n) is 17.1. The van der Waals surface area contributed by atoms with Crippen molar-refractivity contribution in [2.75, 3.05) is 31.3 Å². The Morgan fingerprint density at radius 1 is 1.30 bits per heavy atom. The van der Waals surface area contributed by atoms with Crippen LogP contribution in [0, 0.1) is 18.3 Å². The molecule has 0 aliphatic rings. The standard InChI is InChI=1S/C20H24N3O6P/c1-4-27-30(25,28-5-2)11-7-6-10-26-19-12-17(9-8-16(19)13-21)23-20(24)18-14-22-29-15(18)3/h6-9,12,14H,4-5,10-11H2,1-3H3,(H,23,24)/b7-6+. The minimum atomic E-state index is -3.15. The van der Waals surface area contributed by atoms with E-state index in [4.69, 9.17) is 18.3 Å². The minimum Gasteiger partial charge on any atom is -0.488 e. The first-order valence-electron chi connectivity index (χ1n) is 9.35. The second kappa shape index (κ2) is 11.3. The van der Waals surface area contributed by atoms with E-state index < -0.39 is 7.60 Å². The van der Waals surface area contributed by atoms with Gasteiger partial charge in [-0.2, -0.15) is 5.26 Å². The first-order valence-corrected chi connectivity index (χ1v) is 11.1. The number of aryl methyl sites for hydroxylation is 1. The van der Waals surface area contributed by atoms with Gasteiger partial charge in [0.2, 0.25) is 0 Å². The quantitative estimate of drug-likeness (QED) is 0.411. The van der Waals surface area contributed by atoms with Crippen molar-refractivity contribution in [2.24, 2.45) is 0 Å². The lowest BCUT2D eigenvalue weighted by Gasteiger charge is -2.14. The highest BCUT2D eigenvalue weighted by Crippen LogP contribution is 2.47. The Balaban J connectivity index is 2.00. The number of amides is 1. The number of carbonyl (C=O) groups is 1. The molecule has 2 aromatic rings. The molecule has 0 spiro atoms. The molecule has 160 valence electrons. The second-order valence-corrected chi connectivity index (χ2v) is 8.09. The predicted molar refractivity (Wildman–Crippen MR) is 111 cm³/mol. The number of rotatable bonds is 11. The molecule has 1 aromatic heterocycles. The average molecular weight is 433 g/mol. The number of carbonyl (C=O) groups excluding carboxylic acids is 1. The molecule has 0 saturated heterocycles. The number of hydrogen-bond donors (Lipinski definition) is 1. The Hall–Kier alpha value is -2.92. The third-order valence-electron chi connectivity index (χ3n) is 3.84. The fourth-order valence-electron chi connectivity index (χ4n) is 2.47. The molecule has 1 heterocycles. The van der Waals surface area contributed by atoms with Crippen LogP contribution in [-0.4, -0.2) is 37.0 Å². The molecule has 0 aliphatic heterocycles. The molecule has 0 bridgehead atoms. The molecule has 1 aromatic carbocycles. The Morgan fingerprint density at radius 3 is 2.63 bits per heavy atom. The summed E-state index contributed by atoms with van der Waals surface area (Å²) in [5, 5.41) is 15.6.